The van der Waals surface area contributed by atoms with Crippen molar-refractivity contribution in [2.75, 3.05) is 0 Å². The van der Waals surface area contributed by atoms with E-state index in [1.165, 1.54) is 11.1 Å². The summed E-state index contributed by atoms with van der Waals surface area (Å²) >= 11 is 0. The molecule has 0 aliphatic carbocycles. The predicted molar refractivity (Wildman–Crippen MR) is 42.9 cm³/mol. The van der Waals surface area contributed by atoms with Crippen molar-refractivity contribution >= 4 is 0 Å². The standard InChI is InChI=1S/C9H11N/c1-3-4-9-5-6-10-7-8(9)2/h3,5-7H,1,4H2,2H3. The predicted octanol–water partition coefficient (Wildman–Crippen LogP) is 2.12. The van der Waals surface area contributed by atoms with E-state index in [9.17, 15) is 0 Å². The quantitative estimate of drug-likeness (QED) is 0.563. The summed E-state index contributed by atoms with van der Waals surface area (Å²) in [6.07, 6.45) is 6.53. The molecular formula is C9H11N. The summed E-state index contributed by atoms with van der Waals surface area (Å²) in [6, 6.07) is 2.02. The molecule has 0 aliphatic rings. The zero-order valence-electron chi connectivity index (χ0n) is 6.17. The maximum Gasteiger partial charge on any atom is 0.0299 e. The van der Waals surface area contributed by atoms with Gasteiger partial charge in [0.2, 0.25) is 0 Å². The average Bonchev–Trinajstić information content (AvgIpc) is 1.94. The molecule has 0 aliphatic heterocycles. The molecule has 10 heavy (non-hydrogen) atoms. The summed E-state index contributed by atoms with van der Waals surface area (Å²) < 4.78 is 0. The van der Waals surface area contributed by atoms with Crippen LogP contribution in [0.1, 0.15) is 11.1 Å². The Bertz CT molecular complexity index is 228. The Balaban J connectivity index is 2.91. The van der Waals surface area contributed by atoms with Crippen LogP contribution in [0.3, 0.4) is 0 Å². The van der Waals surface area contributed by atoms with Gasteiger partial charge in [-0.15, -0.1) is 6.58 Å². The molecule has 0 saturated carbocycles. The van der Waals surface area contributed by atoms with Crippen LogP contribution >= 0.6 is 0 Å². The first-order valence-corrected chi connectivity index (χ1v) is 3.35. The van der Waals surface area contributed by atoms with Crippen molar-refractivity contribution < 1.29 is 0 Å². The van der Waals surface area contributed by atoms with Crippen molar-refractivity contribution in [2.45, 2.75) is 13.3 Å². The molecule has 52 valence electrons. The Hall–Kier alpha value is -1.11. The summed E-state index contributed by atoms with van der Waals surface area (Å²) in [7, 11) is 0. The fourth-order valence-electron chi connectivity index (χ4n) is 0.887. The van der Waals surface area contributed by atoms with E-state index >= 15 is 0 Å². The number of pyridine rings is 1. The number of hydrogen-bond donors (Lipinski definition) is 0. The van der Waals surface area contributed by atoms with Crippen LogP contribution in [-0.4, -0.2) is 4.98 Å². The first kappa shape index (κ1) is 7.00. The molecule has 1 heteroatoms. The number of aryl methyl sites for hydroxylation is 1. The van der Waals surface area contributed by atoms with E-state index in [2.05, 4.69) is 18.5 Å². The molecule has 0 spiro atoms. The lowest BCUT2D eigenvalue weighted by molar-refractivity contribution is 1.16. The van der Waals surface area contributed by atoms with Crippen LogP contribution in [0.4, 0.5) is 0 Å². The van der Waals surface area contributed by atoms with Crippen LogP contribution in [0.15, 0.2) is 31.1 Å². The van der Waals surface area contributed by atoms with Gasteiger partial charge >= 0.3 is 0 Å². The summed E-state index contributed by atoms with van der Waals surface area (Å²) in [5, 5.41) is 0. The molecule has 0 aromatic carbocycles. The molecule has 1 aromatic rings. The number of aromatic nitrogens is 1. The molecular weight excluding hydrogens is 122 g/mol. The highest BCUT2D eigenvalue weighted by Gasteiger charge is 1.91. The molecule has 1 aromatic heterocycles. The minimum Gasteiger partial charge on any atom is -0.264 e. The Morgan fingerprint density at radius 3 is 3.10 bits per heavy atom. The van der Waals surface area contributed by atoms with Gasteiger partial charge < -0.3 is 0 Å². The van der Waals surface area contributed by atoms with E-state index in [1.807, 2.05) is 24.5 Å². The number of nitrogens with zero attached hydrogens (tertiary/aromatic N) is 1. The molecule has 0 fully saturated rings. The molecule has 1 nitrogen and oxygen atoms in total. The highest BCUT2D eigenvalue weighted by molar-refractivity contribution is 5.23. The van der Waals surface area contributed by atoms with Crippen LogP contribution in [0, 0.1) is 6.92 Å². The smallest absolute Gasteiger partial charge is 0.0299 e. The lowest BCUT2D eigenvalue weighted by atomic mass is 10.1. The van der Waals surface area contributed by atoms with Crippen molar-refractivity contribution in [3.05, 3.63) is 42.2 Å². The second-order valence-corrected chi connectivity index (χ2v) is 2.29. The van der Waals surface area contributed by atoms with Crippen molar-refractivity contribution in [3.8, 4) is 0 Å². The maximum absolute atomic E-state index is 3.99. The van der Waals surface area contributed by atoms with E-state index in [1.54, 1.807) is 0 Å². The molecule has 0 unspecified atom stereocenters. The van der Waals surface area contributed by atoms with E-state index in [4.69, 9.17) is 0 Å². The number of allylic oxidation sites excluding steroid dienone is 1. The number of rotatable bonds is 2. The van der Waals surface area contributed by atoms with Gasteiger partial charge in [-0.1, -0.05) is 6.08 Å². The number of hydrogen-bond acceptors (Lipinski definition) is 1. The minimum atomic E-state index is 0.939. The minimum absolute atomic E-state index is 0.939. The Morgan fingerprint density at radius 1 is 1.70 bits per heavy atom. The summed E-state index contributed by atoms with van der Waals surface area (Å²) in [4.78, 5) is 3.99. The van der Waals surface area contributed by atoms with Gasteiger partial charge in [0.05, 0.1) is 0 Å². The van der Waals surface area contributed by atoms with Gasteiger partial charge in [0.1, 0.15) is 0 Å². The molecule has 0 radical (unpaired) electrons. The third-order valence-corrected chi connectivity index (χ3v) is 1.50. The zero-order valence-corrected chi connectivity index (χ0v) is 6.17. The van der Waals surface area contributed by atoms with Crippen molar-refractivity contribution in [1.29, 1.82) is 0 Å². The maximum atomic E-state index is 3.99. The summed E-state index contributed by atoms with van der Waals surface area (Å²) in [5.41, 5.74) is 2.55. The third kappa shape index (κ3) is 1.44. The topological polar surface area (TPSA) is 12.9 Å². The second kappa shape index (κ2) is 3.16. The Kier molecular flexibility index (Phi) is 2.21. The normalized spacial score (nSPS) is 9.30. The van der Waals surface area contributed by atoms with E-state index in [0.717, 1.165) is 6.42 Å². The lowest BCUT2D eigenvalue weighted by Gasteiger charge is -1.98. The van der Waals surface area contributed by atoms with Crippen LogP contribution in [0.25, 0.3) is 0 Å². The van der Waals surface area contributed by atoms with Gasteiger partial charge in [-0.05, 0) is 30.5 Å². The van der Waals surface area contributed by atoms with Crippen LogP contribution in [-0.2, 0) is 6.42 Å². The van der Waals surface area contributed by atoms with Crippen LogP contribution in [0.2, 0.25) is 0 Å². The monoisotopic (exact) mass is 133 g/mol. The van der Waals surface area contributed by atoms with E-state index in [-0.39, 0.29) is 0 Å². The first-order valence-electron chi connectivity index (χ1n) is 3.35. The van der Waals surface area contributed by atoms with Gasteiger partial charge in [0, 0.05) is 12.4 Å². The summed E-state index contributed by atoms with van der Waals surface area (Å²) in [5.74, 6) is 0. The fourth-order valence-corrected chi connectivity index (χ4v) is 0.887. The molecule has 0 bridgehead atoms. The van der Waals surface area contributed by atoms with Crippen molar-refractivity contribution in [2.24, 2.45) is 0 Å². The van der Waals surface area contributed by atoms with Gasteiger partial charge in [0.25, 0.3) is 0 Å². The van der Waals surface area contributed by atoms with Crippen LogP contribution in [0.5, 0.6) is 0 Å². The first-order chi connectivity index (χ1) is 4.84. The van der Waals surface area contributed by atoms with Gasteiger partial charge in [-0.3, -0.25) is 4.98 Å². The largest absolute Gasteiger partial charge is 0.264 e. The summed E-state index contributed by atoms with van der Waals surface area (Å²) in [6.45, 7) is 5.74. The van der Waals surface area contributed by atoms with Crippen molar-refractivity contribution in [3.63, 3.8) is 0 Å². The fraction of sp³-hybridized carbons (Fsp3) is 0.222. The van der Waals surface area contributed by atoms with Gasteiger partial charge in [-0.2, -0.15) is 0 Å². The third-order valence-electron chi connectivity index (χ3n) is 1.50. The average molecular weight is 133 g/mol. The van der Waals surface area contributed by atoms with E-state index in [0.29, 0.717) is 0 Å². The lowest BCUT2D eigenvalue weighted by Crippen LogP contribution is -1.86. The molecule has 0 saturated heterocycles. The van der Waals surface area contributed by atoms with Crippen molar-refractivity contribution in [1.82, 2.24) is 4.98 Å². The Morgan fingerprint density at radius 2 is 2.50 bits per heavy atom. The molecule has 0 N–H and O–H groups in total. The second-order valence-electron chi connectivity index (χ2n) is 2.29. The molecule has 0 atom stereocenters. The van der Waals surface area contributed by atoms with Gasteiger partial charge in [-0.25, -0.2) is 0 Å². The molecule has 1 rings (SSSR count). The highest BCUT2D eigenvalue weighted by Crippen LogP contribution is 2.05. The molecule has 0 amide bonds. The van der Waals surface area contributed by atoms with Crippen LogP contribution < -0.4 is 0 Å². The SMILES string of the molecule is C=CCc1ccncc1C. The highest BCUT2D eigenvalue weighted by atomic mass is 14.6. The Labute approximate surface area is 61.4 Å². The van der Waals surface area contributed by atoms with Gasteiger partial charge in [0.15, 0.2) is 0 Å². The molecule has 1 heterocycles. The zero-order chi connectivity index (χ0) is 7.40. The van der Waals surface area contributed by atoms with E-state index < -0.39 is 0 Å².